The van der Waals surface area contributed by atoms with Crippen LogP contribution in [0.3, 0.4) is 0 Å². The van der Waals surface area contributed by atoms with E-state index in [4.69, 9.17) is 18.9 Å². The van der Waals surface area contributed by atoms with Crippen LogP contribution in [-0.2, 0) is 9.59 Å². The monoisotopic (exact) mass is 632 g/mol. The Bertz CT molecular complexity index is 1680. The highest BCUT2D eigenvalue weighted by molar-refractivity contribution is 6.00. The summed E-state index contributed by atoms with van der Waals surface area (Å²) in [6, 6.07) is 22.0. The van der Waals surface area contributed by atoms with E-state index < -0.39 is 35.8 Å². The van der Waals surface area contributed by atoms with Gasteiger partial charge < -0.3 is 29.2 Å². The lowest BCUT2D eigenvalue weighted by Gasteiger charge is -2.10. The molecule has 45 heavy (non-hydrogen) atoms. The van der Waals surface area contributed by atoms with Crippen molar-refractivity contribution in [2.24, 2.45) is 0 Å². The number of halogens is 1. The van der Waals surface area contributed by atoms with Crippen LogP contribution in [0.4, 0.5) is 0 Å². The van der Waals surface area contributed by atoms with Gasteiger partial charge in [0.15, 0.2) is 0 Å². The average Bonchev–Trinajstić information content (AvgIpc) is 3.01. The Kier molecular flexibility index (Phi) is 11.3. The molecule has 0 radical (unpaired) electrons. The second kappa shape index (κ2) is 15.3. The minimum absolute atomic E-state index is 0. The van der Waals surface area contributed by atoms with E-state index in [9.17, 15) is 39.0 Å². The number of carboxylic acids is 2. The van der Waals surface area contributed by atoms with Crippen LogP contribution in [0, 0.1) is 0 Å². The Hall–Kier alpha value is -6.27. The van der Waals surface area contributed by atoms with E-state index in [-0.39, 0.29) is 57.7 Å². The van der Waals surface area contributed by atoms with E-state index in [1.165, 1.54) is 97.1 Å². The first-order valence-electron chi connectivity index (χ1n) is 12.5. The number of para-hydroxylation sites is 4. The molecule has 4 aromatic rings. The predicted octanol–water partition coefficient (Wildman–Crippen LogP) is 5.01. The molecular formula is C32H21ClO12. The van der Waals surface area contributed by atoms with Gasteiger partial charge in [-0.15, -0.1) is 12.4 Å². The van der Waals surface area contributed by atoms with Crippen molar-refractivity contribution < 1.29 is 57.9 Å². The zero-order valence-corrected chi connectivity index (χ0v) is 23.6. The maximum atomic E-state index is 12.7. The number of hydrogen-bond donors (Lipinski definition) is 2. The summed E-state index contributed by atoms with van der Waals surface area (Å²) in [6.07, 6.45) is 1.43. The SMILES string of the molecule is Cl.O=C(/C=C/C(=O)Oc1ccccc1C(=O)Oc1ccccc1C(=O)O)Oc1ccccc1C(=O)Oc1ccccc1C(=O)O. The molecular weight excluding hydrogens is 612 g/mol. The van der Waals surface area contributed by atoms with Gasteiger partial charge in [-0.25, -0.2) is 28.8 Å². The quantitative estimate of drug-likeness (QED) is 0.136. The summed E-state index contributed by atoms with van der Waals surface area (Å²) in [5, 5.41) is 18.6. The number of carbonyl (C=O) groups is 6. The van der Waals surface area contributed by atoms with Crippen LogP contribution in [0.5, 0.6) is 23.0 Å². The van der Waals surface area contributed by atoms with Gasteiger partial charge in [-0.3, -0.25) is 0 Å². The average molecular weight is 633 g/mol. The Labute approximate surface area is 260 Å². The molecule has 2 N–H and O–H groups in total. The first-order chi connectivity index (χ1) is 21.1. The normalized spacial score (nSPS) is 10.2. The molecule has 228 valence electrons. The standard InChI is InChI=1S/C32H20O12.ClH/c33-27(41-25-15-7-3-11-21(25)31(39)43-23-13-5-1-9-19(23)29(35)36)17-18-28(34)42-26-16-8-4-12-22(26)32(40)44-24-14-6-2-10-20(24)30(37)38;/h1-18H,(H,35,36)(H,37,38);1H/b18-17+;. The van der Waals surface area contributed by atoms with Gasteiger partial charge in [0.25, 0.3) is 0 Å². The lowest BCUT2D eigenvalue weighted by Crippen LogP contribution is -2.16. The fourth-order valence-electron chi connectivity index (χ4n) is 3.64. The number of carbonyl (C=O) groups excluding carboxylic acids is 4. The van der Waals surface area contributed by atoms with Crippen LogP contribution in [0.1, 0.15) is 41.4 Å². The smallest absolute Gasteiger partial charge is 0.347 e. The third kappa shape index (κ3) is 8.63. The molecule has 0 aliphatic carbocycles. The second-order valence-corrected chi connectivity index (χ2v) is 8.55. The third-order valence-corrected chi connectivity index (χ3v) is 5.63. The number of carboxylic acid groups (broad SMARTS) is 2. The molecule has 0 fully saturated rings. The highest BCUT2D eigenvalue weighted by Crippen LogP contribution is 2.25. The summed E-state index contributed by atoms with van der Waals surface area (Å²) < 4.78 is 20.7. The molecule has 0 heterocycles. The largest absolute Gasteiger partial charge is 0.478 e. The molecule has 4 aromatic carbocycles. The topological polar surface area (TPSA) is 180 Å². The van der Waals surface area contributed by atoms with Gasteiger partial charge in [0, 0.05) is 12.2 Å². The van der Waals surface area contributed by atoms with Crippen molar-refractivity contribution in [3.8, 4) is 23.0 Å². The first-order valence-corrected chi connectivity index (χ1v) is 12.5. The molecule has 0 saturated heterocycles. The van der Waals surface area contributed by atoms with Gasteiger partial charge in [0.05, 0.1) is 0 Å². The highest BCUT2D eigenvalue weighted by atomic mass is 35.5. The van der Waals surface area contributed by atoms with E-state index in [1.54, 1.807) is 0 Å². The van der Waals surface area contributed by atoms with Crippen LogP contribution in [0.15, 0.2) is 109 Å². The highest BCUT2D eigenvalue weighted by Gasteiger charge is 2.21. The fraction of sp³-hybridized carbons (Fsp3) is 0. The molecule has 4 rings (SSSR count). The Morgan fingerprint density at radius 1 is 0.422 bits per heavy atom. The molecule has 0 aromatic heterocycles. The van der Waals surface area contributed by atoms with Gasteiger partial charge in [-0.2, -0.15) is 0 Å². The summed E-state index contributed by atoms with van der Waals surface area (Å²) in [7, 11) is 0. The summed E-state index contributed by atoms with van der Waals surface area (Å²) in [5.41, 5.74) is -0.906. The number of rotatable bonds is 10. The van der Waals surface area contributed by atoms with Crippen molar-refractivity contribution in [2.75, 3.05) is 0 Å². The lowest BCUT2D eigenvalue weighted by molar-refractivity contribution is -0.131. The number of aromatic carboxylic acids is 2. The van der Waals surface area contributed by atoms with Crippen LogP contribution in [0.2, 0.25) is 0 Å². The van der Waals surface area contributed by atoms with Crippen molar-refractivity contribution in [3.05, 3.63) is 131 Å². The Morgan fingerprint density at radius 2 is 0.689 bits per heavy atom. The molecule has 0 bridgehead atoms. The van der Waals surface area contributed by atoms with Gasteiger partial charge in [0.2, 0.25) is 0 Å². The van der Waals surface area contributed by atoms with Gasteiger partial charge >= 0.3 is 35.8 Å². The molecule has 0 aliphatic heterocycles. The summed E-state index contributed by atoms with van der Waals surface area (Å²) in [6.45, 7) is 0. The van der Waals surface area contributed by atoms with E-state index in [0.717, 1.165) is 0 Å². The van der Waals surface area contributed by atoms with Crippen LogP contribution in [-0.4, -0.2) is 46.0 Å². The summed E-state index contributed by atoms with van der Waals surface area (Å²) >= 11 is 0. The number of ether oxygens (including phenoxy) is 4. The maximum Gasteiger partial charge on any atom is 0.347 e. The minimum Gasteiger partial charge on any atom is -0.478 e. The zero-order chi connectivity index (χ0) is 31.6. The van der Waals surface area contributed by atoms with Gasteiger partial charge in [-0.05, 0) is 48.5 Å². The maximum absolute atomic E-state index is 12.7. The molecule has 0 amide bonds. The van der Waals surface area contributed by atoms with Crippen molar-refractivity contribution in [2.45, 2.75) is 0 Å². The molecule has 0 spiro atoms. The minimum atomic E-state index is -1.31. The molecule has 12 nitrogen and oxygen atoms in total. The number of hydrogen-bond acceptors (Lipinski definition) is 10. The molecule has 0 atom stereocenters. The Morgan fingerprint density at radius 3 is 1.00 bits per heavy atom. The lowest BCUT2D eigenvalue weighted by atomic mass is 10.2. The van der Waals surface area contributed by atoms with E-state index in [2.05, 4.69) is 0 Å². The van der Waals surface area contributed by atoms with Crippen molar-refractivity contribution in [3.63, 3.8) is 0 Å². The van der Waals surface area contributed by atoms with Crippen LogP contribution < -0.4 is 18.9 Å². The molecule has 0 unspecified atom stereocenters. The van der Waals surface area contributed by atoms with E-state index in [1.807, 2.05) is 0 Å². The predicted molar refractivity (Wildman–Crippen MR) is 157 cm³/mol. The number of benzene rings is 4. The Balaban J connectivity index is 0.00000552. The fourth-order valence-corrected chi connectivity index (χ4v) is 3.64. The summed E-state index contributed by atoms with van der Waals surface area (Å²) in [5.74, 6) is -7.68. The van der Waals surface area contributed by atoms with Crippen molar-refractivity contribution >= 4 is 48.2 Å². The molecule has 13 heteroatoms. The second-order valence-electron chi connectivity index (χ2n) is 8.55. The third-order valence-electron chi connectivity index (χ3n) is 5.63. The number of esters is 4. The van der Waals surface area contributed by atoms with Crippen LogP contribution in [0.25, 0.3) is 0 Å². The van der Waals surface area contributed by atoms with Gasteiger partial charge in [-0.1, -0.05) is 48.5 Å². The van der Waals surface area contributed by atoms with Gasteiger partial charge in [0.1, 0.15) is 45.3 Å². The molecule has 0 saturated carbocycles. The van der Waals surface area contributed by atoms with Crippen LogP contribution >= 0.6 is 12.4 Å². The van der Waals surface area contributed by atoms with E-state index in [0.29, 0.717) is 12.2 Å². The van der Waals surface area contributed by atoms with Crippen molar-refractivity contribution in [1.29, 1.82) is 0 Å². The van der Waals surface area contributed by atoms with Crippen molar-refractivity contribution in [1.82, 2.24) is 0 Å². The first kappa shape index (κ1) is 33.2. The van der Waals surface area contributed by atoms with E-state index >= 15 is 0 Å². The molecule has 0 aliphatic rings. The zero-order valence-electron chi connectivity index (χ0n) is 22.8. The summed E-state index contributed by atoms with van der Waals surface area (Å²) in [4.78, 5) is 73.2.